The van der Waals surface area contributed by atoms with E-state index in [1.54, 1.807) is 6.07 Å². The van der Waals surface area contributed by atoms with Gasteiger partial charge in [0, 0.05) is 11.4 Å². The van der Waals surface area contributed by atoms with Gasteiger partial charge < -0.3 is 10.3 Å². The number of aromatic nitrogens is 2. The molecule has 2 N–H and O–H groups in total. The summed E-state index contributed by atoms with van der Waals surface area (Å²) in [6, 6.07) is 4.49. The van der Waals surface area contributed by atoms with Crippen LogP contribution in [0.2, 0.25) is 0 Å². The van der Waals surface area contributed by atoms with Crippen LogP contribution in [0.3, 0.4) is 0 Å². The third kappa shape index (κ3) is 2.88. The number of nitrogens with zero attached hydrogens (tertiary/aromatic N) is 1. The molecule has 0 aliphatic rings. The van der Waals surface area contributed by atoms with Gasteiger partial charge in [0.15, 0.2) is 0 Å². The van der Waals surface area contributed by atoms with Gasteiger partial charge in [-0.25, -0.2) is 9.37 Å². The van der Waals surface area contributed by atoms with E-state index in [0.29, 0.717) is 17.3 Å². The fourth-order valence-corrected chi connectivity index (χ4v) is 2.13. The minimum atomic E-state index is -0.271. The van der Waals surface area contributed by atoms with Crippen LogP contribution in [0.5, 0.6) is 0 Å². The lowest BCUT2D eigenvalue weighted by molar-refractivity contribution is 0.546. The average molecular weight is 256 g/mol. The molecule has 0 fully saturated rings. The number of anilines is 1. The molecule has 92 valence electrons. The van der Waals surface area contributed by atoms with Crippen LogP contribution >= 0.6 is 11.6 Å². The third-order valence-electron chi connectivity index (χ3n) is 2.62. The molecule has 2 rings (SSSR count). The molecule has 0 bridgehead atoms. The van der Waals surface area contributed by atoms with Gasteiger partial charge in [0.25, 0.3) is 0 Å². The van der Waals surface area contributed by atoms with Gasteiger partial charge in [-0.05, 0) is 38.5 Å². The van der Waals surface area contributed by atoms with Crippen molar-refractivity contribution in [3.8, 4) is 0 Å². The highest BCUT2D eigenvalue weighted by molar-refractivity contribution is 6.17. The number of benzene rings is 1. The Morgan fingerprint density at radius 1 is 1.47 bits per heavy atom. The minimum absolute atomic E-state index is 0.145. The molecule has 0 radical (unpaired) electrons. The molecular weight excluding hydrogens is 241 g/mol. The molecule has 0 atom stereocenters. The Morgan fingerprint density at radius 2 is 2.24 bits per heavy atom. The molecule has 3 nitrogen and oxygen atoms in total. The van der Waals surface area contributed by atoms with E-state index < -0.39 is 0 Å². The fourth-order valence-electron chi connectivity index (χ4n) is 1.66. The Balaban J connectivity index is 2.25. The van der Waals surface area contributed by atoms with E-state index in [0.717, 1.165) is 11.9 Å². The van der Waals surface area contributed by atoms with E-state index in [1.807, 2.05) is 13.8 Å². The molecule has 1 heterocycles. The zero-order chi connectivity index (χ0) is 12.5. The van der Waals surface area contributed by atoms with Gasteiger partial charge in [-0.15, -0.1) is 11.6 Å². The first-order valence-electron chi connectivity index (χ1n) is 5.50. The second kappa shape index (κ2) is 4.53. The first-order valence-corrected chi connectivity index (χ1v) is 6.03. The predicted octanol–water partition coefficient (Wildman–Crippen LogP) is 3.52. The molecule has 0 saturated carbocycles. The highest BCUT2D eigenvalue weighted by Crippen LogP contribution is 2.20. The van der Waals surface area contributed by atoms with Crippen LogP contribution in [-0.4, -0.2) is 21.4 Å². The monoisotopic (exact) mass is 255 g/mol. The van der Waals surface area contributed by atoms with Crippen LogP contribution in [0.25, 0.3) is 11.0 Å². The smallest absolute Gasteiger partial charge is 0.201 e. The van der Waals surface area contributed by atoms with Crippen LogP contribution in [0.1, 0.15) is 20.3 Å². The molecule has 0 aliphatic heterocycles. The maximum atomic E-state index is 13.0. The van der Waals surface area contributed by atoms with Crippen LogP contribution in [0, 0.1) is 5.82 Å². The normalized spacial score (nSPS) is 12.0. The number of aromatic amines is 1. The van der Waals surface area contributed by atoms with Crippen molar-refractivity contribution >= 4 is 28.6 Å². The van der Waals surface area contributed by atoms with Gasteiger partial charge in [0.1, 0.15) is 5.82 Å². The molecular formula is C12H15ClFN3. The van der Waals surface area contributed by atoms with Crippen molar-refractivity contribution in [1.82, 2.24) is 9.97 Å². The van der Waals surface area contributed by atoms with Crippen molar-refractivity contribution in [1.29, 1.82) is 0 Å². The molecule has 0 saturated heterocycles. The topological polar surface area (TPSA) is 40.7 Å². The van der Waals surface area contributed by atoms with Gasteiger partial charge >= 0.3 is 0 Å². The summed E-state index contributed by atoms with van der Waals surface area (Å²) in [6.07, 6.45) is 0.819. The third-order valence-corrected chi connectivity index (χ3v) is 2.81. The van der Waals surface area contributed by atoms with Crippen LogP contribution in [0.15, 0.2) is 18.2 Å². The highest BCUT2D eigenvalue weighted by Gasteiger charge is 2.18. The second-order valence-corrected chi connectivity index (χ2v) is 5.07. The molecule has 5 heteroatoms. The van der Waals surface area contributed by atoms with E-state index in [9.17, 15) is 4.39 Å². The first-order chi connectivity index (χ1) is 8.00. The summed E-state index contributed by atoms with van der Waals surface area (Å²) in [4.78, 5) is 7.39. The Labute approximate surface area is 104 Å². The fraction of sp³-hybridized carbons (Fsp3) is 0.417. The van der Waals surface area contributed by atoms with Gasteiger partial charge in [0.05, 0.1) is 11.0 Å². The van der Waals surface area contributed by atoms with E-state index in [2.05, 4.69) is 15.3 Å². The van der Waals surface area contributed by atoms with E-state index >= 15 is 0 Å². The van der Waals surface area contributed by atoms with Crippen molar-refractivity contribution in [2.75, 3.05) is 11.2 Å². The lowest BCUT2D eigenvalue weighted by atomic mass is 10.0. The predicted molar refractivity (Wildman–Crippen MR) is 69.1 cm³/mol. The van der Waals surface area contributed by atoms with Crippen molar-refractivity contribution in [3.05, 3.63) is 24.0 Å². The summed E-state index contributed by atoms with van der Waals surface area (Å²) in [5, 5.41) is 3.25. The number of fused-ring (bicyclic) bond motifs is 1. The standard InChI is InChI=1S/C12H15ClFN3/c1-12(2,5-6-13)17-11-15-9-4-3-8(14)7-10(9)16-11/h3-4,7H,5-6H2,1-2H3,(H2,15,16,17). The number of halogens is 2. The molecule has 0 aliphatic carbocycles. The minimum Gasteiger partial charge on any atom is -0.351 e. The lowest BCUT2D eigenvalue weighted by Gasteiger charge is -2.24. The van der Waals surface area contributed by atoms with E-state index in [1.165, 1.54) is 12.1 Å². The molecule has 0 spiro atoms. The summed E-state index contributed by atoms with van der Waals surface area (Å²) in [5.74, 6) is 0.947. The van der Waals surface area contributed by atoms with Crippen molar-refractivity contribution in [2.45, 2.75) is 25.8 Å². The summed E-state index contributed by atoms with van der Waals surface area (Å²) >= 11 is 5.73. The Bertz CT molecular complexity index is 521. The van der Waals surface area contributed by atoms with Gasteiger partial charge in [-0.1, -0.05) is 0 Å². The maximum absolute atomic E-state index is 13.0. The zero-order valence-corrected chi connectivity index (χ0v) is 10.6. The summed E-state index contributed by atoms with van der Waals surface area (Å²) in [5.41, 5.74) is 1.29. The Hall–Kier alpha value is -1.29. The van der Waals surface area contributed by atoms with E-state index in [4.69, 9.17) is 11.6 Å². The number of nitrogens with one attached hydrogen (secondary N) is 2. The van der Waals surface area contributed by atoms with Crippen LogP contribution < -0.4 is 5.32 Å². The van der Waals surface area contributed by atoms with Gasteiger partial charge in [-0.3, -0.25) is 0 Å². The van der Waals surface area contributed by atoms with Gasteiger partial charge in [-0.2, -0.15) is 0 Å². The number of hydrogen-bond donors (Lipinski definition) is 2. The van der Waals surface area contributed by atoms with Gasteiger partial charge in [0.2, 0.25) is 5.95 Å². The highest BCUT2D eigenvalue weighted by atomic mass is 35.5. The Morgan fingerprint density at radius 3 is 2.94 bits per heavy atom. The molecule has 1 aromatic carbocycles. The largest absolute Gasteiger partial charge is 0.351 e. The molecule has 1 aromatic heterocycles. The quantitative estimate of drug-likeness (QED) is 0.821. The Kier molecular flexibility index (Phi) is 3.24. The van der Waals surface area contributed by atoms with Crippen LogP contribution in [0.4, 0.5) is 10.3 Å². The van der Waals surface area contributed by atoms with Crippen molar-refractivity contribution in [2.24, 2.45) is 0 Å². The number of hydrogen-bond acceptors (Lipinski definition) is 2. The molecule has 17 heavy (non-hydrogen) atoms. The summed E-state index contributed by atoms with van der Waals surface area (Å²) < 4.78 is 13.0. The summed E-state index contributed by atoms with van der Waals surface area (Å²) in [6.45, 7) is 4.09. The number of alkyl halides is 1. The molecule has 2 aromatic rings. The lowest BCUT2D eigenvalue weighted by Crippen LogP contribution is -2.31. The van der Waals surface area contributed by atoms with Crippen molar-refractivity contribution in [3.63, 3.8) is 0 Å². The second-order valence-electron chi connectivity index (χ2n) is 4.69. The molecule has 0 unspecified atom stereocenters. The zero-order valence-electron chi connectivity index (χ0n) is 9.85. The maximum Gasteiger partial charge on any atom is 0.201 e. The number of imidazole rings is 1. The number of H-pyrrole nitrogens is 1. The molecule has 0 amide bonds. The summed E-state index contributed by atoms with van der Waals surface area (Å²) in [7, 11) is 0. The SMILES string of the molecule is CC(C)(CCCl)Nc1nc2ccc(F)cc2[nH]1. The number of rotatable bonds is 4. The van der Waals surface area contributed by atoms with Crippen molar-refractivity contribution < 1.29 is 4.39 Å². The average Bonchev–Trinajstić information content (AvgIpc) is 2.57. The van der Waals surface area contributed by atoms with E-state index in [-0.39, 0.29) is 11.4 Å². The first kappa shape index (κ1) is 12.2. The van der Waals surface area contributed by atoms with Crippen LogP contribution in [-0.2, 0) is 0 Å².